The maximum absolute atomic E-state index is 5.85. The monoisotopic (exact) mass is 290 g/mol. The van der Waals surface area contributed by atoms with Crippen molar-refractivity contribution in [1.82, 2.24) is 10.2 Å². The number of ether oxygens (including phenoxy) is 1. The van der Waals surface area contributed by atoms with E-state index < -0.39 is 0 Å². The van der Waals surface area contributed by atoms with E-state index >= 15 is 0 Å². The van der Waals surface area contributed by atoms with Crippen LogP contribution in [0.15, 0.2) is 24.3 Å². The molecule has 3 nitrogen and oxygen atoms in total. The fourth-order valence-corrected chi connectivity index (χ4v) is 3.41. The van der Waals surface area contributed by atoms with E-state index in [1.807, 2.05) is 0 Å². The molecule has 0 spiro atoms. The molecule has 0 bridgehead atoms. The van der Waals surface area contributed by atoms with Crippen LogP contribution in [0.4, 0.5) is 0 Å². The quantitative estimate of drug-likeness (QED) is 0.791. The first kappa shape index (κ1) is 16.3. The Balaban J connectivity index is 2.22. The minimum Gasteiger partial charge on any atom is -0.490 e. The van der Waals surface area contributed by atoms with Crippen LogP contribution in [-0.4, -0.2) is 37.7 Å². The molecule has 1 saturated carbocycles. The molecule has 1 aliphatic rings. The normalized spacial score (nSPS) is 17.0. The molecule has 1 unspecified atom stereocenters. The third kappa shape index (κ3) is 3.41. The number of nitrogens with one attached hydrogen (secondary N) is 1. The second kappa shape index (κ2) is 6.80. The van der Waals surface area contributed by atoms with Gasteiger partial charge < -0.3 is 15.0 Å². The molecule has 1 aromatic carbocycles. The van der Waals surface area contributed by atoms with Gasteiger partial charge in [0.25, 0.3) is 0 Å². The molecule has 1 atom stereocenters. The van der Waals surface area contributed by atoms with Gasteiger partial charge in [-0.1, -0.05) is 26.0 Å². The lowest BCUT2D eigenvalue weighted by molar-refractivity contribution is 0.0917. The molecule has 1 fully saturated rings. The van der Waals surface area contributed by atoms with E-state index in [4.69, 9.17) is 4.74 Å². The summed E-state index contributed by atoms with van der Waals surface area (Å²) in [6.07, 6.45) is 5.10. The van der Waals surface area contributed by atoms with Gasteiger partial charge in [-0.2, -0.15) is 0 Å². The fraction of sp³-hybridized carbons (Fsp3) is 0.667. The molecule has 0 aliphatic heterocycles. The number of rotatable bonds is 8. The Kier molecular flexibility index (Phi) is 5.28. The summed E-state index contributed by atoms with van der Waals surface area (Å²) in [5.74, 6) is 1.000. The minimum absolute atomic E-state index is 0.133. The molecular formula is C18H30N2O. The molecule has 1 aromatic rings. The van der Waals surface area contributed by atoms with E-state index in [0.717, 1.165) is 18.6 Å². The van der Waals surface area contributed by atoms with Gasteiger partial charge in [0, 0.05) is 5.54 Å². The van der Waals surface area contributed by atoms with Gasteiger partial charge in [0.1, 0.15) is 5.75 Å². The Morgan fingerprint density at radius 2 is 1.76 bits per heavy atom. The molecule has 0 radical (unpaired) electrons. The molecule has 0 saturated heterocycles. The zero-order valence-corrected chi connectivity index (χ0v) is 14.1. The van der Waals surface area contributed by atoms with E-state index in [0.29, 0.717) is 12.1 Å². The second-order valence-electron chi connectivity index (χ2n) is 6.31. The number of nitrogens with zero attached hydrogens (tertiary/aromatic N) is 1. The first-order valence-corrected chi connectivity index (χ1v) is 8.18. The van der Waals surface area contributed by atoms with Crippen molar-refractivity contribution in [2.24, 2.45) is 0 Å². The summed E-state index contributed by atoms with van der Waals surface area (Å²) >= 11 is 0. The van der Waals surface area contributed by atoms with Crippen LogP contribution in [0.5, 0.6) is 5.75 Å². The van der Waals surface area contributed by atoms with Crippen molar-refractivity contribution in [3.05, 3.63) is 29.8 Å². The summed E-state index contributed by atoms with van der Waals surface area (Å²) in [6, 6.07) is 8.97. The highest BCUT2D eigenvalue weighted by atomic mass is 16.5. The lowest BCUT2D eigenvalue weighted by Crippen LogP contribution is -2.52. The summed E-state index contributed by atoms with van der Waals surface area (Å²) < 4.78 is 5.85. The Morgan fingerprint density at radius 3 is 2.14 bits per heavy atom. The highest BCUT2D eigenvalue weighted by Gasteiger charge is 2.37. The fourth-order valence-electron chi connectivity index (χ4n) is 3.41. The highest BCUT2D eigenvalue weighted by Crippen LogP contribution is 2.36. The summed E-state index contributed by atoms with van der Waals surface area (Å²) in [5, 5.41) is 3.53. The van der Waals surface area contributed by atoms with E-state index in [-0.39, 0.29) is 5.54 Å². The van der Waals surface area contributed by atoms with Crippen LogP contribution in [0.25, 0.3) is 0 Å². The van der Waals surface area contributed by atoms with Crippen LogP contribution in [-0.2, 0) is 0 Å². The summed E-state index contributed by atoms with van der Waals surface area (Å²) in [5.41, 5.74) is 1.46. The Morgan fingerprint density at radius 1 is 1.19 bits per heavy atom. The lowest BCUT2D eigenvalue weighted by atomic mass is 9.79. The zero-order valence-electron chi connectivity index (χ0n) is 14.1. The van der Waals surface area contributed by atoms with Crippen molar-refractivity contribution in [2.45, 2.75) is 57.2 Å². The van der Waals surface area contributed by atoms with Gasteiger partial charge in [-0.3, -0.25) is 0 Å². The van der Waals surface area contributed by atoms with E-state index in [1.54, 1.807) is 0 Å². The van der Waals surface area contributed by atoms with Gasteiger partial charge in [0.2, 0.25) is 0 Å². The smallest absolute Gasteiger partial charge is 0.119 e. The molecule has 0 heterocycles. The van der Waals surface area contributed by atoms with Crippen LogP contribution < -0.4 is 10.1 Å². The Hall–Kier alpha value is -1.06. The maximum atomic E-state index is 5.85. The van der Waals surface area contributed by atoms with Crippen LogP contribution >= 0.6 is 0 Å². The summed E-state index contributed by atoms with van der Waals surface area (Å²) in [6.45, 7) is 4.55. The third-order valence-corrected chi connectivity index (χ3v) is 4.98. The van der Waals surface area contributed by atoms with E-state index in [2.05, 4.69) is 69.5 Å². The largest absolute Gasteiger partial charge is 0.490 e. The molecule has 0 aromatic heterocycles. The molecule has 1 aliphatic carbocycles. The molecule has 0 amide bonds. The first-order valence-electron chi connectivity index (χ1n) is 8.18. The summed E-state index contributed by atoms with van der Waals surface area (Å²) in [7, 11) is 6.42. The number of benzene rings is 1. The van der Waals surface area contributed by atoms with Crippen molar-refractivity contribution < 1.29 is 4.74 Å². The molecular weight excluding hydrogens is 260 g/mol. The van der Waals surface area contributed by atoms with Crippen LogP contribution in [0.2, 0.25) is 0 Å². The minimum atomic E-state index is 0.133. The molecule has 2 rings (SSSR count). The van der Waals surface area contributed by atoms with Crippen molar-refractivity contribution in [1.29, 1.82) is 0 Å². The maximum Gasteiger partial charge on any atom is 0.119 e. The van der Waals surface area contributed by atoms with Gasteiger partial charge in [-0.25, -0.2) is 0 Å². The number of hydrogen-bond donors (Lipinski definition) is 1. The number of likely N-dealkylation sites (N-methyl/N-ethyl adjacent to an activating group) is 2. The van der Waals surface area contributed by atoms with Crippen LogP contribution in [0.1, 0.15) is 51.1 Å². The second-order valence-corrected chi connectivity index (χ2v) is 6.31. The highest BCUT2D eigenvalue weighted by molar-refractivity contribution is 5.31. The van der Waals surface area contributed by atoms with Gasteiger partial charge >= 0.3 is 0 Å². The van der Waals surface area contributed by atoms with Crippen molar-refractivity contribution in [3.8, 4) is 5.75 Å². The Labute approximate surface area is 129 Å². The average Bonchev–Trinajstić information content (AvgIpc) is 3.29. The van der Waals surface area contributed by atoms with Gasteiger partial charge in [0.05, 0.1) is 12.1 Å². The third-order valence-electron chi connectivity index (χ3n) is 4.98. The molecule has 118 valence electrons. The SMILES string of the molecule is CCC(CC)(C(NC)c1ccc(OC2CC2)cc1)N(C)C. The van der Waals surface area contributed by atoms with Crippen LogP contribution in [0.3, 0.4) is 0 Å². The standard InChI is InChI=1S/C18H30N2O/c1-6-18(7-2,20(4)5)17(19-3)14-8-10-15(11-9-14)21-16-12-13-16/h8-11,16-17,19H,6-7,12-13H2,1-5H3. The van der Waals surface area contributed by atoms with E-state index in [9.17, 15) is 0 Å². The predicted octanol–water partition coefficient (Wildman–Crippen LogP) is 3.61. The van der Waals surface area contributed by atoms with Gasteiger partial charge in [0.15, 0.2) is 0 Å². The van der Waals surface area contributed by atoms with Gasteiger partial charge in [-0.15, -0.1) is 0 Å². The molecule has 3 heteroatoms. The zero-order chi connectivity index (χ0) is 15.5. The summed E-state index contributed by atoms with van der Waals surface area (Å²) in [4.78, 5) is 2.36. The first-order chi connectivity index (χ1) is 10.1. The average molecular weight is 290 g/mol. The van der Waals surface area contributed by atoms with Crippen LogP contribution in [0, 0.1) is 0 Å². The van der Waals surface area contributed by atoms with E-state index in [1.165, 1.54) is 18.4 Å². The molecule has 1 N–H and O–H groups in total. The number of hydrogen-bond acceptors (Lipinski definition) is 3. The van der Waals surface area contributed by atoms with Crippen molar-refractivity contribution in [2.75, 3.05) is 21.1 Å². The predicted molar refractivity (Wildman–Crippen MR) is 88.9 cm³/mol. The van der Waals surface area contributed by atoms with Gasteiger partial charge in [-0.05, 0) is 64.5 Å². The van der Waals surface area contributed by atoms with Crippen molar-refractivity contribution >= 4 is 0 Å². The molecule has 21 heavy (non-hydrogen) atoms. The van der Waals surface area contributed by atoms with Crippen molar-refractivity contribution in [3.63, 3.8) is 0 Å². The topological polar surface area (TPSA) is 24.5 Å². The lowest BCUT2D eigenvalue weighted by Gasteiger charge is -2.45. The Bertz CT molecular complexity index is 433.